The van der Waals surface area contributed by atoms with E-state index in [1.165, 1.54) is 0 Å². The summed E-state index contributed by atoms with van der Waals surface area (Å²) in [4.78, 5) is 17.3. The van der Waals surface area contributed by atoms with Gasteiger partial charge in [-0.3, -0.25) is 4.79 Å². The third-order valence-electron chi connectivity index (χ3n) is 5.26. The van der Waals surface area contributed by atoms with Crippen molar-refractivity contribution in [2.24, 2.45) is 7.05 Å². The Bertz CT molecular complexity index is 1150. The van der Waals surface area contributed by atoms with Crippen LogP contribution in [0, 0.1) is 0 Å². The smallest absolute Gasteiger partial charge is 0.252 e. The van der Waals surface area contributed by atoms with Crippen LogP contribution in [0.3, 0.4) is 0 Å². The molecular formula is C26H25N3O3. The molecule has 0 aliphatic carbocycles. The van der Waals surface area contributed by atoms with Crippen LogP contribution in [0.15, 0.2) is 91.3 Å². The first-order chi connectivity index (χ1) is 15.6. The number of hydrogen-bond donors (Lipinski definition) is 1. The summed E-state index contributed by atoms with van der Waals surface area (Å²) < 4.78 is 12.9. The Balaban J connectivity index is 1.48. The molecule has 1 atom stereocenters. The highest BCUT2D eigenvalue weighted by molar-refractivity contribution is 5.94. The number of ether oxygens (including phenoxy) is 2. The van der Waals surface area contributed by atoms with Crippen molar-refractivity contribution in [3.63, 3.8) is 0 Å². The molecule has 6 heteroatoms. The summed E-state index contributed by atoms with van der Waals surface area (Å²) >= 11 is 0. The van der Waals surface area contributed by atoms with E-state index in [0.717, 1.165) is 22.7 Å². The predicted molar refractivity (Wildman–Crippen MR) is 123 cm³/mol. The number of rotatable bonds is 8. The van der Waals surface area contributed by atoms with Crippen LogP contribution in [-0.4, -0.2) is 22.6 Å². The van der Waals surface area contributed by atoms with E-state index in [2.05, 4.69) is 10.3 Å². The number of imidazole rings is 1. The normalized spacial score (nSPS) is 11.6. The second-order valence-electron chi connectivity index (χ2n) is 7.36. The number of nitrogens with one attached hydrogen (secondary N) is 1. The summed E-state index contributed by atoms with van der Waals surface area (Å²) in [5.74, 6) is 2.12. The van der Waals surface area contributed by atoms with Gasteiger partial charge in [-0.05, 0) is 47.5 Å². The summed E-state index contributed by atoms with van der Waals surface area (Å²) in [6.07, 6.45) is 3.61. The number of amides is 1. The van der Waals surface area contributed by atoms with Crippen LogP contribution in [0.1, 0.15) is 33.4 Å². The number of aryl methyl sites for hydroxylation is 1. The van der Waals surface area contributed by atoms with Crippen molar-refractivity contribution < 1.29 is 14.3 Å². The largest absolute Gasteiger partial charge is 0.497 e. The molecule has 0 bridgehead atoms. The third-order valence-corrected chi connectivity index (χ3v) is 5.26. The number of hydrogen-bond acceptors (Lipinski definition) is 4. The lowest BCUT2D eigenvalue weighted by Crippen LogP contribution is -2.29. The van der Waals surface area contributed by atoms with Gasteiger partial charge in [0.2, 0.25) is 0 Å². The molecule has 1 amide bonds. The molecule has 0 aliphatic rings. The third kappa shape index (κ3) is 4.98. The van der Waals surface area contributed by atoms with Crippen molar-refractivity contribution in [2.75, 3.05) is 7.11 Å². The average Bonchev–Trinajstić information content (AvgIpc) is 3.26. The molecule has 4 rings (SSSR count). The van der Waals surface area contributed by atoms with Crippen LogP contribution in [0.4, 0.5) is 0 Å². The van der Waals surface area contributed by atoms with Gasteiger partial charge in [-0.1, -0.05) is 42.5 Å². The fourth-order valence-electron chi connectivity index (χ4n) is 3.40. The monoisotopic (exact) mass is 427 g/mol. The Labute approximate surface area is 187 Å². The van der Waals surface area contributed by atoms with E-state index in [1.54, 1.807) is 37.6 Å². The molecule has 0 saturated carbocycles. The number of carbonyl (C=O) groups is 1. The van der Waals surface area contributed by atoms with Gasteiger partial charge in [-0.15, -0.1) is 0 Å². The molecule has 0 radical (unpaired) electrons. The minimum absolute atomic E-state index is 0.162. The van der Waals surface area contributed by atoms with Gasteiger partial charge in [0.15, 0.2) is 0 Å². The molecule has 0 fully saturated rings. The maximum absolute atomic E-state index is 13.0. The first-order valence-electron chi connectivity index (χ1n) is 10.3. The second-order valence-corrected chi connectivity index (χ2v) is 7.36. The molecule has 162 valence electrons. The SMILES string of the molecule is COc1ccc([C@@H](NC(=O)c2ccc(OCc3nccn3C)cc2)c2ccccc2)cc1. The van der Waals surface area contributed by atoms with Crippen molar-refractivity contribution in [3.8, 4) is 11.5 Å². The van der Waals surface area contributed by atoms with E-state index in [1.807, 2.05) is 72.4 Å². The molecule has 1 aromatic heterocycles. The molecule has 0 unspecified atom stereocenters. The Kier molecular flexibility index (Phi) is 6.51. The van der Waals surface area contributed by atoms with Crippen LogP contribution < -0.4 is 14.8 Å². The summed E-state index contributed by atoms with van der Waals surface area (Å²) in [5.41, 5.74) is 2.53. The van der Waals surface area contributed by atoms with Crippen molar-refractivity contribution >= 4 is 5.91 Å². The number of nitrogens with zero attached hydrogens (tertiary/aromatic N) is 2. The first-order valence-corrected chi connectivity index (χ1v) is 10.3. The first kappa shape index (κ1) is 21.2. The van der Waals surface area contributed by atoms with Gasteiger partial charge < -0.3 is 19.4 Å². The lowest BCUT2D eigenvalue weighted by atomic mass is 9.98. The highest BCUT2D eigenvalue weighted by atomic mass is 16.5. The Morgan fingerprint density at radius 1 is 0.938 bits per heavy atom. The van der Waals surface area contributed by atoms with E-state index >= 15 is 0 Å². The average molecular weight is 428 g/mol. The lowest BCUT2D eigenvalue weighted by molar-refractivity contribution is 0.0943. The quantitative estimate of drug-likeness (QED) is 0.449. The zero-order valence-corrected chi connectivity index (χ0v) is 18.1. The highest BCUT2D eigenvalue weighted by Gasteiger charge is 2.18. The summed E-state index contributed by atoms with van der Waals surface area (Å²) in [6, 6.07) is 24.4. The zero-order chi connectivity index (χ0) is 22.3. The van der Waals surface area contributed by atoms with Gasteiger partial charge in [0.1, 0.15) is 23.9 Å². The van der Waals surface area contributed by atoms with E-state index in [4.69, 9.17) is 9.47 Å². The second kappa shape index (κ2) is 9.83. The molecule has 0 spiro atoms. The van der Waals surface area contributed by atoms with E-state index in [0.29, 0.717) is 17.9 Å². The van der Waals surface area contributed by atoms with Crippen LogP contribution in [0.5, 0.6) is 11.5 Å². The molecule has 3 aromatic carbocycles. The zero-order valence-electron chi connectivity index (χ0n) is 18.1. The van der Waals surface area contributed by atoms with Crippen LogP contribution in [0.2, 0.25) is 0 Å². The number of aromatic nitrogens is 2. The fourth-order valence-corrected chi connectivity index (χ4v) is 3.40. The van der Waals surface area contributed by atoms with Gasteiger partial charge in [0, 0.05) is 25.0 Å². The van der Waals surface area contributed by atoms with Gasteiger partial charge in [-0.25, -0.2) is 4.98 Å². The molecule has 0 saturated heterocycles. The molecule has 6 nitrogen and oxygen atoms in total. The molecule has 1 heterocycles. The fraction of sp³-hybridized carbons (Fsp3) is 0.154. The molecule has 1 N–H and O–H groups in total. The molecule has 32 heavy (non-hydrogen) atoms. The van der Waals surface area contributed by atoms with Crippen molar-refractivity contribution in [2.45, 2.75) is 12.6 Å². The van der Waals surface area contributed by atoms with Crippen LogP contribution >= 0.6 is 0 Å². The van der Waals surface area contributed by atoms with Gasteiger partial charge >= 0.3 is 0 Å². The number of benzene rings is 3. The highest BCUT2D eigenvalue weighted by Crippen LogP contribution is 2.25. The summed E-state index contributed by atoms with van der Waals surface area (Å²) in [7, 11) is 3.56. The Morgan fingerprint density at radius 3 is 2.22 bits per heavy atom. The van der Waals surface area contributed by atoms with Crippen LogP contribution in [0.25, 0.3) is 0 Å². The lowest BCUT2D eigenvalue weighted by Gasteiger charge is -2.20. The summed E-state index contributed by atoms with van der Waals surface area (Å²) in [6.45, 7) is 0.364. The topological polar surface area (TPSA) is 65.4 Å². The maximum Gasteiger partial charge on any atom is 0.252 e. The minimum atomic E-state index is -0.283. The van der Waals surface area contributed by atoms with E-state index < -0.39 is 0 Å². The van der Waals surface area contributed by atoms with Crippen molar-refractivity contribution in [1.82, 2.24) is 14.9 Å². The number of methoxy groups -OCH3 is 1. The van der Waals surface area contributed by atoms with E-state index in [9.17, 15) is 4.79 Å². The maximum atomic E-state index is 13.0. The Hall–Kier alpha value is -4.06. The van der Waals surface area contributed by atoms with Crippen molar-refractivity contribution in [1.29, 1.82) is 0 Å². The Morgan fingerprint density at radius 2 is 1.59 bits per heavy atom. The molecular weight excluding hydrogens is 402 g/mol. The minimum Gasteiger partial charge on any atom is -0.497 e. The summed E-state index contributed by atoms with van der Waals surface area (Å²) in [5, 5.41) is 3.15. The number of carbonyl (C=O) groups excluding carboxylic acids is 1. The predicted octanol–water partition coefficient (Wildman–Crippen LogP) is 4.53. The standard InChI is InChI=1S/C26H25N3O3/c1-29-17-16-27-24(29)18-32-23-14-10-21(11-15-23)26(30)28-25(19-6-4-3-5-7-19)20-8-12-22(31-2)13-9-20/h3-17,25H,18H2,1-2H3,(H,28,30)/t25-/m0/s1. The van der Waals surface area contributed by atoms with Crippen molar-refractivity contribution in [3.05, 3.63) is 114 Å². The van der Waals surface area contributed by atoms with E-state index in [-0.39, 0.29) is 11.9 Å². The molecule has 4 aromatic rings. The van der Waals surface area contributed by atoms with Gasteiger partial charge in [0.25, 0.3) is 5.91 Å². The molecule has 0 aliphatic heterocycles. The van der Waals surface area contributed by atoms with Gasteiger partial charge in [0.05, 0.1) is 13.2 Å². The van der Waals surface area contributed by atoms with Crippen LogP contribution in [-0.2, 0) is 13.7 Å². The van der Waals surface area contributed by atoms with Gasteiger partial charge in [-0.2, -0.15) is 0 Å².